The zero-order chi connectivity index (χ0) is 11.8. The van der Waals surface area contributed by atoms with Gasteiger partial charge < -0.3 is 14.6 Å². The molecule has 1 saturated heterocycles. The second-order valence-corrected chi connectivity index (χ2v) is 4.26. The van der Waals surface area contributed by atoms with E-state index < -0.39 is 5.79 Å². The van der Waals surface area contributed by atoms with Crippen LogP contribution in [0.15, 0.2) is 12.1 Å². The van der Waals surface area contributed by atoms with Crippen molar-refractivity contribution >= 4 is 0 Å². The van der Waals surface area contributed by atoms with Gasteiger partial charge in [-0.05, 0) is 37.1 Å². The van der Waals surface area contributed by atoms with Crippen LogP contribution in [0.5, 0.6) is 5.75 Å². The second kappa shape index (κ2) is 4.07. The summed E-state index contributed by atoms with van der Waals surface area (Å²) in [5, 5.41) is 9.54. The molecule has 0 atom stereocenters. The van der Waals surface area contributed by atoms with E-state index in [2.05, 4.69) is 6.92 Å². The molecule has 0 radical (unpaired) electrons. The van der Waals surface area contributed by atoms with E-state index in [0.29, 0.717) is 19.0 Å². The Morgan fingerprint density at radius 2 is 1.69 bits per heavy atom. The molecule has 3 nitrogen and oxygen atoms in total. The summed E-state index contributed by atoms with van der Waals surface area (Å²) >= 11 is 0. The summed E-state index contributed by atoms with van der Waals surface area (Å²) in [6.07, 6.45) is 0.777. The summed E-state index contributed by atoms with van der Waals surface area (Å²) in [6.45, 7) is 7.27. The fourth-order valence-corrected chi connectivity index (χ4v) is 2.52. The normalized spacial score (nSPS) is 18.9. The largest absolute Gasteiger partial charge is 0.508 e. The van der Waals surface area contributed by atoms with E-state index >= 15 is 0 Å². The van der Waals surface area contributed by atoms with Gasteiger partial charge in [0.15, 0.2) is 5.79 Å². The van der Waals surface area contributed by atoms with Gasteiger partial charge in [-0.1, -0.05) is 6.92 Å². The van der Waals surface area contributed by atoms with Crippen LogP contribution in [0, 0.1) is 13.8 Å². The first-order chi connectivity index (χ1) is 7.59. The van der Waals surface area contributed by atoms with Gasteiger partial charge in [-0.2, -0.15) is 0 Å². The van der Waals surface area contributed by atoms with E-state index in [1.807, 2.05) is 13.8 Å². The number of phenols is 1. The number of rotatable bonds is 2. The number of hydrogen-bond acceptors (Lipinski definition) is 3. The molecule has 1 heterocycles. The van der Waals surface area contributed by atoms with Gasteiger partial charge in [0.1, 0.15) is 5.75 Å². The van der Waals surface area contributed by atoms with E-state index in [1.54, 1.807) is 12.1 Å². The minimum absolute atomic E-state index is 0.294. The average Bonchev–Trinajstić information content (AvgIpc) is 2.66. The maximum absolute atomic E-state index is 9.54. The molecule has 0 saturated carbocycles. The molecule has 0 aromatic heterocycles. The topological polar surface area (TPSA) is 38.7 Å². The first-order valence-electron chi connectivity index (χ1n) is 5.67. The summed E-state index contributed by atoms with van der Waals surface area (Å²) in [5.74, 6) is -0.315. The van der Waals surface area contributed by atoms with Gasteiger partial charge in [0.05, 0.1) is 13.2 Å². The van der Waals surface area contributed by atoms with Crippen molar-refractivity contribution in [3.8, 4) is 5.75 Å². The molecule has 1 aliphatic heterocycles. The molecule has 1 N–H and O–H groups in total. The maximum atomic E-state index is 9.54. The van der Waals surface area contributed by atoms with Crippen LogP contribution in [0.3, 0.4) is 0 Å². The van der Waals surface area contributed by atoms with Crippen molar-refractivity contribution in [2.75, 3.05) is 13.2 Å². The molecule has 0 bridgehead atoms. The van der Waals surface area contributed by atoms with Gasteiger partial charge in [-0.15, -0.1) is 0 Å². The Balaban J connectivity index is 2.54. The highest BCUT2D eigenvalue weighted by Gasteiger charge is 2.39. The highest BCUT2D eigenvalue weighted by molar-refractivity contribution is 5.43. The molecule has 0 amide bonds. The molecule has 16 heavy (non-hydrogen) atoms. The van der Waals surface area contributed by atoms with Gasteiger partial charge in [0.25, 0.3) is 0 Å². The SMILES string of the molecule is CCC1(c2c(C)cc(O)cc2C)OCCO1. The second-order valence-electron chi connectivity index (χ2n) is 4.26. The Morgan fingerprint density at radius 1 is 1.19 bits per heavy atom. The lowest BCUT2D eigenvalue weighted by Crippen LogP contribution is -2.28. The van der Waals surface area contributed by atoms with Crippen LogP contribution < -0.4 is 0 Å². The van der Waals surface area contributed by atoms with Crippen LogP contribution in [0.2, 0.25) is 0 Å². The molecular weight excluding hydrogens is 204 g/mol. The molecule has 2 rings (SSSR count). The molecule has 1 aromatic carbocycles. The third-order valence-electron chi connectivity index (χ3n) is 3.12. The van der Waals surface area contributed by atoms with Gasteiger partial charge in [-0.25, -0.2) is 0 Å². The minimum Gasteiger partial charge on any atom is -0.508 e. The predicted molar refractivity (Wildman–Crippen MR) is 61.5 cm³/mol. The number of benzene rings is 1. The number of ether oxygens (including phenoxy) is 2. The molecule has 0 unspecified atom stereocenters. The summed E-state index contributed by atoms with van der Waals surface area (Å²) in [7, 11) is 0. The fourth-order valence-electron chi connectivity index (χ4n) is 2.52. The zero-order valence-electron chi connectivity index (χ0n) is 10.0. The highest BCUT2D eigenvalue weighted by Crippen LogP contribution is 2.39. The third-order valence-corrected chi connectivity index (χ3v) is 3.12. The summed E-state index contributed by atoms with van der Waals surface area (Å²) < 4.78 is 11.5. The Morgan fingerprint density at radius 3 is 2.12 bits per heavy atom. The van der Waals surface area contributed by atoms with Crippen molar-refractivity contribution in [3.63, 3.8) is 0 Å². The quantitative estimate of drug-likeness (QED) is 0.836. The number of hydrogen-bond donors (Lipinski definition) is 1. The first kappa shape index (κ1) is 11.4. The lowest BCUT2D eigenvalue weighted by atomic mass is 9.93. The molecule has 3 heteroatoms. The smallest absolute Gasteiger partial charge is 0.195 e. The van der Waals surface area contributed by atoms with E-state index in [0.717, 1.165) is 23.1 Å². The standard InChI is InChI=1S/C13H18O3/c1-4-13(15-5-6-16-13)12-9(2)7-11(14)8-10(12)3/h7-8,14H,4-6H2,1-3H3. The van der Waals surface area contributed by atoms with E-state index in [-0.39, 0.29) is 0 Å². The number of aromatic hydroxyl groups is 1. The number of aryl methyl sites for hydroxylation is 2. The molecular formula is C13H18O3. The maximum Gasteiger partial charge on any atom is 0.195 e. The lowest BCUT2D eigenvalue weighted by molar-refractivity contribution is -0.168. The Kier molecular flexibility index (Phi) is 2.91. The van der Waals surface area contributed by atoms with Crippen LogP contribution in [0.25, 0.3) is 0 Å². The Hall–Kier alpha value is -1.06. The van der Waals surface area contributed by atoms with Crippen molar-refractivity contribution < 1.29 is 14.6 Å². The van der Waals surface area contributed by atoms with E-state index in [9.17, 15) is 5.11 Å². The van der Waals surface area contributed by atoms with Crippen LogP contribution in [0.4, 0.5) is 0 Å². The zero-order valence-corrected chi connectivity index (χ0v) is 10.0. The molecule has 0 aliphatic carbocycles. The van der Waals surface area contributed by atoms with Crippen LogP contribution >= 0.6 is 0 Å². The lowest BCUT2D eigenvalue weighted by Gasteiger charge is -2.29. The Bertz CT molecular complexity index is 369. The number of phenolic OH excluding ortho intramolecular Hbond substituents is 1. The summed E-state index contributed by atoms with van der Waals surface area (Å²) in [4.78, 5) is 0. The van der Waals surface area contributed by atoms with Crippen molar-refractivity contribution in [2.24, 2.45) is 0 Å². The summed E-state index contributed by atoms with van der Waals surface area (Å²) in [6, 6.07) is 3.51. The molecule has 1 aliphatic rings. The van der Waals surface area contributed by atoms with Crippen molar-refractivity contribution in [1.82, 2.24) is 0 Å². The van der Waals surface area contributed by atoms with E-state index in [4.69, 9.17) is 9.47 Å². The predicted octanol–water partition coefficient (Wildman–Crippen LogP) is 2.62. The van der Waals surface area contributed by atoms with E-state index in [1.165, 1.54) is 0 Å². The minimum atomic E-state index is -0.609. The van der Waals surface area contributed by atoms with Crippen molar-refractivity contribution in [2.45, 2.75) is 33.0 Å². The molecule has 1 aromatic rings. The van der Waals surface area contributed by atoms with Crippen LogP contribution in [0.1, 0.15) is 30.0 Å². The highest BCUT2D eigenvalue weighted by atomic mass is 16.7. The van der Waals surface area contributed by atoms with Crippen LogP contribution in [-0.2, 0) is 15.3 Å². The molecule has 0 spiro atoms. The Labute approximate surface area is 96.0 Å². The van der Waals surface area contributed by atoms with Gasteiger partial charge in [0.2, 0.25) is 0 Å². The van der Waals surface area contributed by atoms with Gasteiger partial charge in [0, 0.05) is 12.0 Å². The fraction of sp³-hybridized carbons (Fsp3) is 0.538. The first-order valence-corrected chi connectivity index (χ1v) is 5.67. The third kappa shape index (κ3) is 1.70. The van der Waals surface area contributed by atoms with Crippen LogP contribution in [-0.4, -0.2) is 18.3 Å². The monoisotopic (exact) mass is 222 g/mol. The summed E-state index contributed by atoms with van der Waals surface area (Å²) in [5.41, 5.74) is 3.09. The molecule has 1 fully saturated rings. The van der Waals surface area contributed by atoms with Gasteiger partial charge in [-0.3, -0.25) is 0 Å². The van der Waals surface area contributed by atoms with Gasteiger partial charge >= 0.3 is 0 Å². The van der Waals surface area contributed by atoms with Crippen molar-refractivity contribution in [1.29, 1.82) is 0 Å². The molecule has 88 valence electrons. The van der Waals surface area contributed by atoms with Crippen molar-refractivity contribution in [3.05, 3.63) is 28.8 Å². The average molecular weight is 222 g/mol.